The molecule has 0 bridgehead atoms. The van der Waals surface area contributed by atoms with Gasteiger partial charge in [-0.3, -0.25) is 0 Å². The fourth-order valence-corrected chi connectivity index (χ4v) is 9.22. The van der Waals surface area contributed by atoms with Gasteiger partial charge >= 0.3 is 0 Å². The Kier molecular flexibility index (Phi) is 6.75. The summed E-state index contributed by atoms with van der Waals surface area (Å²) in [6.07, 6.45) is 13.9. The monoisotopic (exact) mass is 430 g/mol. The predicted octanol–water partition coefficient (Wildman–Crippen LogP) is 7.00. The molecule has 2 nitrogen and oxygen atoms in total. The molecule has 0 heterocycles. The highest BCUT2D eigenvalue weighted by atomic mass is 16.3. The summed E-state index contributed by atoms with van der Waals surface area (Å²) >= 11 is 0. The Morgan fingerprint density at radius 3 is 2.29 bits per heavy atom. The van der Waals surface area contributed by atoms with Crippen molar-refractivity contribution in [2.45, 2.75) is 118 Å². The van der Waals surface area contributed by atoms with Gasteiger partial charge in [-0.15, -0.1) is 0 Å². The van der Waals surface area contributed by atoms with Gasteiger partial charge in [-0.25, -0.2) is 0 Å². The van der Waals surface area contributed by atoms with Crippen molar-refractivity contribution in [2.75, 3.05) is 0 Å². The number of rotatable bonds is 6. The summed E-state index contributed by atoms with van der Waals surface area (Å²) in [7, 11) is 0. The van der Waals surface area contributed by atoms with Crippen LogP contribution in [0.2, 0.25) is 0 Å². The van der Waals surface area contributed by atoms with Crippen molar-refractivity contribution in [3.63, 3.8) is 0 Å². The smallest absolute Gasteiger partial charge is 0.0758 e. The molecule has 0 aromatic heterocycles. The first kappa shape index (κ1) is 23.8. The fraction of sp³-hybridized carbons (Fsp3) is 0.931. The minimum absolute atomic E-state index is 0.180. The van der Waals surface area contributed by atoms with Crippen LogP contribution in [0.5, 0.6) is 0 Å². The minimum atomic E-state index is -0.360. The third-order valence-electron chi connectivity index (χ3n) is 11.3. The number of hydrogen-bond donors (Lipinski definition) is 2. The highest BCUT2D eigenvalue weighted by Crippen LogP contribution is 2.67. The van der Waals surface area contributed by atoms with Crippen LogP contribution in [0.15, 0.2) is 11.6 Å². The van der Waals surface area contributed by atoms with E-state index in [0.717, 1.165) is 42.9 Å². The maximum Gasteiger partial charge on any atom is 0.0758 e. The van der Waals surface area contributed by atoms with Crippen molar-refractivity contribution in [3.8, 4) is 0 Å². The average Bonchev–Trinajstić information content (AvgIpc) is 3.07. The molecule has 2 N–H and O–H groups in total. The lowest BCUT2D eigenvalue weighted by Crippen LogP contribution is -2.53. The summed E-state index contributed by atoms with van der Waals surface area (Å²) < 4.78 is 0. The molecule has 0 aliphatic heterocycles. The highest BCUT2D eigenvalue weighted by molar-refractivity contribution is 5.29. The van der Waals surface area contributed by atoms with Crippen LogP contribution in [-0.2, 0) is 0 Å². The Morgan fingerprint density at radius 2 is 1.61 bits per heavy atom. The molecule has 2 unspecified atom stereocenters. The van der Waals surface area contributed by atoms with E-state index in [9.17, 15) is 10.2 Å². The Morgan fingerprint density at radius 1 is 0.935 bits per heavy atom. The van der Waals surface area contributed by atoms with Crippen molar-refractivity contribution < 1.29 is 10.2 Å². The zero-order valence-corrected chi connectivity index (χ0v) is 21.2. The van der Waals surface area contributed by atoms with Crippen molar-refractivity contribution in [3.05, 3.63) is 11.6 Å². The number of aliphatic hydroxyl groups is 2. The predicted molar refractivity (Wildman–Crippen MR) is 130 cm³/mol. The molecule has 0 spiro atoms. The average molecular weight is 431 g/mol. The Balaban J connectivity index is 1.52. The maximum atomic E-state index is 11.1. The van der Waals surface area contributed by atoms with Crippen molar-refractivity contribution in [1.29, 1.82) is 0 Å². The van der Waals surface area contributed by atoms with Crippen molar-refractivity contribution in [1.82, 2.24) is 0 Å². The lowest BCUT2D eigenvalue weighted by molar-refractivity contribution is -0.0835. The molecule has 4 rings (SSSR count). The summed E-state index contributed by atoms with van der Waals surface area (Å²) in [4.78, 5) is 0. The third-order valence-corrected chi connectivity index (χ3v) is 11.3. The van der Waals surface area contributed by atoms with Gasteiger partial charge in [-0.05, 0) is 104 Å². The largest absolute Gasteiger partial charge is 0.393 e. The second kappa shape index (κ2) is 8.79. The van der Waals surface area contributed by atoms with Crippen LogP contribution in [0, 0.1) is 52.3 Å². The summed E-state index contributed by atoms with van der Waals surface area (Å²) in [6.45, 7) is 14.7. The Labute approximate surface area is 192 Å². The van der Waals surface area contributed by atoms with Crippen LogP contribution in [0.4, 0.5) is 0 Å². The van der Waals surface area contributed by atoms with Crippen LogP contribution >= 0.6 is 0 Å². The maximum absolute atomic E-state index is 11.1. The molecule has 0 aromatic rings. The number of fused-ring (bicyclic) bond motifs is 5. The summed E-state index contributed by atoms with van der Waals surface area (Å²) in [5.41, 5.74) is 2.22. The Hall–Kier alpha value is -0.340. The van der Waals surface area contributed by atoms with E-state index in [2.05, 4.69) is 47.6 Å². The van der Waals surface area contributed by atoms with Crippen LogP contribution in [0.1, 0.15) is 106 Å². The van der Waals surface area contributed by atoms with Crippen LogP contribution in [0.25, 0.3) is 0 Å². The molecule has 3 saturated carbocycles. The van der Waals surface area contributed by atoms with Crippen LogP contribution in [-0.4, -0.2) is 22.4 Å². The van der Waals surface area contributed by atoms with Gasteiger partial charge in [0.15, 0.2) is 0 Å². The SMILES string of the molecule is CC[C@@H](CC[C@@H](C)[C@H]1CCC2C3=C[C@H](O)[C@H]4C[C@@H](O)CC[C@]4(C)C3CC[C@@]21C)C(C)C. The molecule has 178 valence electrons. The van der Waals surface area contributed by atoms with Gasteiger partial charge in [0.2, 0.25) is 0 Å². The lowest BCUT2D eigenvalue weighted by Gasteiger charge is -2.58. The van der Waals surface area contributed by atoms with E-state index in [0.29, 0.717) is 17.3 Å². The summed E-state index contributed by atoms with van der Waals surface area (Å²) in [5, 5.41) is 21.4. The van der Waals surface area contributed by atoms with E-state index < -0.39 is 0 Å². The van der Waals surface area contributed by atoms with Gasteiger partial charge < -0.3 is 10.2 Å². The highest BCUT2D eigenvalue weighted by Gasteiger charge is 2.59. The number of aliphatic hydroxyl groups excluding tert-OH is 2. The minimum Gasteiger partial charge on any atom is -0.393 e. The third kappa shape index (κ3) is 3.96. The zero-order chi connectivity index (χ0) is 22.6. The molecule has 0 radical (unpaired) electrons. The first-order valence-corrected chi connectivity index (χ1v) is 13.7. The molecule has 4 aliphatic carbocycles. The molecular weight excluding hydrogens is 380 g/mol. The molecule has 3 fully saturated rings. The molecule has 4 aliphatic rings. The van der Waals surface area contributed by atoms with Gasteiger partial charge in [0.1, 0.15) is 0 Å². The summed E-state index contributed by atoms with van der Waals surface area (Å²) in [5.74, 6) is 4.86. The van der Waals surface area contributed by atoms with Crippen molar-refractivity contribution >= 4 is 0 Å². The lowest BCUT2D eigenvalue weighted by atomic mass is 9.47. The molecular formula is C29H50O2. The van der Waals surface area contributed by atoms with E-state index in [4.69, 9.17) is 0 Å². The van der Waals surface area contributed by atoms with E-state index in [1.54, 1.807) is 5.57 Å². The van der Waals surface area contributed by atoms with Gasteiger partial charge in [0, 0.05) is 0 Å². The molecule has 0 saturated heterocycles. The van der Waals surface area contributed by atoms with E-state index in [1.165, 1.54) is 44.9 Å². The van der Waals surface area contributed by atoms with E-state index >= 15 is 0 Å². The van der Waals surface area contributed by atoms with Gasteiger partial charge in [-0.2, -0.15) is 0 Å². The summed E-state index contributed by atoms with van der Waals surface area (Å²) in [6, 6.07) is 0. The number of allylic oxidation sites excluding steroid dienone is 1. The van der Waals surface area contributed by atoms with Gasteiger partial charge in [-0.1, -0.05) is 66.0 Å². The normalized spacial score (nSPS) is 46.7. The number of hydrogen-bond acceptors (Lipinski definition) is 2. The second-order valence-electron chi connectivity index (χ2n) is 13.0. The molecule has 10 atom stereocenters. The Bertz CT molecular complexity index is 668. The second-order valence-corrected chi connectivity index (χ2v) is 13.0. The van der Waals surface area contributed by atoms with Gasteiger partial charge in [0.25, 0.3) is 0 Å². The van der Waals surface area contributed by atoms with Crippen LogP contribution < -0.4 is 0 Å². The molecule has 2 heteroatoms. The molecule has 31 heavy (non-hydrogen) atoms. The quantitative estimate of drug-likeness (QED) is 0.446. The van der Waals surface area contributed by atoms with E-state index in [1.807, 2.05) is 0 Å². The topological polar surface area (TPSA) is 40.5 Å². The standard InChI is InChI=1S/C29H50O2/c1-7-20(18(2)3)9-8-19(4)23-10-11-24-22-17-27(31)26-16-21(30)12-14-29(26,6)25(22)13-15-28(23,24)5/h17-21,23-27,30-31H,7-16H2,1-6H3/t19-,20+,21+,23-,24?,25?,26-,27+,28-,29-/m1/s1. The first-order chi connectivity index (χ1) is 14.6. The van der Waals surface area contributed by atoms with Crippen molar-refractivity contribution in [2.24, 2.45) is 52.3 Å². The molecule has 0 amide bonds. The first-order valence-electron chi connectivity index (χ1n) is 13.7. The van der Waals surface area contributed by atoms with Gasteiger partial charge in [0.05, 0.1) is 12.2 Å². The fourth-order valence-electron chi connectivity index (χ4n) is 9.22. The molecule has 0 aromatic carbocycles. The van der Waals surface area contributed by atoms with Crippen LogP contribution in [0.3, 0.4) is 0 Å². The van der Waals surface area contributed by atoms with E-state index in [-0.39, 0.29) is 23.5 Å². The zero-order valence-electron chi connectivity index (χ0n) is 21.2.